The van der Waals surface area contributed by atoms with Gasteiger partial charge in [-0.3, -0.25) is 0 Å². The van der Waals surface area contributed by atoms with Crippen molar-refractivity contribution in [1.29, 1.82) is 0 Å². The molecule has 1 saturated heterocycles. The van der Waals surface area contributed by atoms with Gasteiger partial charge in [0.2, 0.25) is 0 Å². The third-order valence-electron chi connectivity index (χ3n) is 4.60. The molecule has 1 aliphatic rings. The van der Waals surface area contributed by atoms with E-state index in [4.69, 9.17) is 9.84 Å². The average Bonchev–Trinajstić information content (AvgIpc) is 2.62. The molecule has 1 fully saturated rings. The van der Waals surface area contributed by atoms with Gasteiger partial charge in [-0.05, 0) is 55.1 Å². The largest absolute Gasteiger partial charge is 0.489 e. The number of rotatable bonds is 6. The first-order valence-electron chi connectivity index (χ1n) is 8.45. The molecule has 2 aromatic rings. The molecule has 0 radical (unpaired) electrons. The summed E-state index contributed by atoms with van der Waals surface area (Å²) in [7, 11) is 0. The zero-order valence-electron chi connectivity index (χ0n) is 13.5. The maximum atomic E-state index is 9.01. The summed E-state index contributed by atoms with van der Waals surface area (Å²) in [6, 6.07) is 18.8. The lowest BCUT2D eigenvalue weighted by atomic mass is 9.89. The fourth-order valence-corrected chi connectivity index (χ4v) is 3.21. The lowest BCUT2D eigenvalue weighted by molar-refractivity contribution is 0.164. The first kappa shape index (κ1) is 16.0. The molecule has 0 atom stereocenters. The fourth-order valence-electron chi connectivity index (χ4n) is 3.21. The van der Waals surface area contributed by atoms with Gasteiger partial charge in [-0.25, -0.2) is 0 Å². The third-order valence-corrected chi connectivity index (χ3v) is 4.60. The van der Waals surface area contributed by atoms with E-state index in [2.05, 4.69) is 41.3 Å². The second kappa shape index (κ2) is 8.14. The Kier molecular flexibility index (Phi) is 5.67. The van der Waals surface area contributed by atoms with Gasteiger partial charge in [-0.15, -0.1) is 0 Å². The van der Waals surface area contributed by atoms with Crippen LogP contribution in [0.5, 0.6) is 5.75 Å². The number of hydrogen-bond donors (Lipinski definition) is 1. The van der Waals surface area contributed by atoms with Crippen LogP contribution in [0.2, 0.25) is 0 Å². The summed E-state index contributed by atoms with van der Waals surface area (Å²) < 4.78 is 5.85. The Balaban J connectivity index is 1.51. The van der Waals surface area contributed by atoms with Crippen LogP contribution in [0.4, 0.5) is 0 Å². The molecule has 1 N–H and O–H groups in total. The topological polar surface area (TPSA) is 32.7 Å². The van der Waals surface area contributed by atoms with Crippen LogP contribution < -0.4 is 4.74 Å². The summed E-state index contributed by atoms with van der Waals surface area (Å²) in [5.74, 6) is 1.56. The molecule has 0 aromatic heterocycles. The van der Waals surface area contributed by atoms with Crippen LogP contribution in [-0.2, 0) is 6.61 Å². The van der Waals surface area contributed by atoms with E-state index >= 15 is 0 Å². The lowest BCUT2D eigenvalue weighted by Crippen LogP contribution is -2.34. The summed E-state index contributed by atoms with van der Waals surface area (Å²) >= 11 is 0. The first-order valence-corrected chi connectivity index (χ1v) is 8.45. The van der Waals surface area contributed by atoms with Gasteiger partial charge in [0.1, 0.15) is 12.4 Å². The molecule has 0 unspecified atom stereocenters. The Morgan fingerprint density at radius 1 is 0.957 bits per heavy atom. The fraction of sp³-hybridized carbons (Fsp3) is 0.400. The molecular weight excluding hydrogens is 286 g/mol. The van der Waals surface area contributed by atoms with Gasteiger partial charge in [-0.1, -0.05) is 42.5 Å². The van der Waals surface area contributed by atoms with E-state index in [0.717, 1.165) is 25.4 Å². The summed E-state index contributed by atoms with van der Waals surface area (Å²) in [4.78, 5) is 2.34. The van der Waals surface area contributed by atoms with Crippen molar-refractivity contribution in [2.45, 2.75) is 25.4 Å². The number of benzene rings is 2. The normalized spacial score (nSPS) is 16.4. The molecule has 23 heavy (non-hydrogen) atoms. The molecule has 0 saturated carbocycles. The number of hydrogen-bond acceptors (Lipinski definition) is 3. The Hall–Kier alpha value is -1.84. The zero-order valence-corrected chi connectivity index (χ0v) is 13.5. The minimum Gasteiger partial charge on any atom is -0.489 e. The van der Waals surface area contributed by atoms with Gasteiger partial charge in [-0.2, -0.15) is 0 Å². The predicted molar refractivity (Wildman–Crippen MR) is 92.7 cm³/mol. The van der Waals surface area contributed by atoms with Gasteiger partial charge >= 0.3 is 0 Å². The van der Waals surface area contributed by atoms with Crippen LogP contribution in [0.1, 0.15) is 29.9 Å². The van der Waals surface area contributed by atoms with Gasteiger partial charge in [0.15, 0.2) is 0 Å². The molecule has 122 valence electrons. The Labute approximate surface area is 138 Å². The van der Waals surface area contributed by atoms with Gasteiger partial charge in [0, 0.05) is 6.54 Å². The highest BCUT2D eigenvalue weighted by Crippen LogP contribution is 2.29. The van der Waals surface area contributed by atoms with Crippen LogP contribution in [0.15, 0.2) is 54.6 Å². The number of piperidine rings is 1. The smallest absolute Gasteiger partial charge is 0.119 e. The first-order chi connectivity index (χ1) is 11.3. The number of likely N-dealkylation sites (tertiary alicyclic amines) is 1. The van der Waals surface area contributed by atoms with Crippen molar-refractivity contribution in [2.75, 3.05) is 26.2 Å². The third kappa shape index (κ3) is 4.57. The van der Waals surface area contributed by atoms with E-state index in [0.29, 0.717) is 12.5 Å². The van der Waals surface area contributed by atoms with E-state index in [1.54, 1.807) is 0 Å². The monoisotopic (exact) mass is 311 g/mol. The summed E-state index contributed by atoms with van der Waals surface area (Å²) in [6.45, 7) is 3.84. The predicted octanol–water partition coefficient (Wildman–Crippen LogP) is 3.44. The number of β-amino-alcohol motifs (C(OH)–C–C–N with tert-alkyl or cyclic N) is 1. The number of aliphatic hydroxyl groups is 1. The van der Waals surface area contributed by atoms with Crippen molar-refractivity contribution < 1.29 is 9.84 Å². The maximum Gasteiger partial charge on any atom is 0.119 e. The van der Waals surface area contributed by atoms with Gasteiger partial charge < -0.3 is 14.7 Å². The molecule has 1 aliphatic heterocycles. The molecule has 3 nitrogen and oxygen atoms in total. The molecule has 0 amide bonds. The van der Waals surface area contributed by atoms with Crippen molar-refractivity contribution >= 4 is 0 Å². The van der Waals surface area contributed by atoms with E-state index in [1.807, 2.05) is 18.2 Å². The molecule has 2 aromatic carbocycles. The van der Waals surface area contributed by atoms with Crippen LogP contribution in [0.25, 0.3) is 0 Å². The Bertz CT molecular complexity index is 574. The lowest BCUT2D eigenvalue weighted by Gasteiger charge is -2.31. The SMILES string of the molecule is OCCN1CCC(c2ccc(OCc3ccccc3)cc2)CC1. The molecule has 0 bridgehead atoms. The summed E-state index contributed by atoms with van der Waals surface area (Å²) in [5, 5.41) is 9.01. The zero-order chi connectivity index (χ0) is 15.9. The highest BCUT2D eigenvalue weighted by Gasteiger charge is 2.20. The van der Waals surface area contributed by atoms with Gasteiger partial charge in [0.25, 0.3) is 0 Å². The summed E-state index contributed by atoms with van der Waals surface area (Å²) in [5.41, 5.74) is 2.59. The quantitative estimate of drug-likeness (QED) is 0.887. The van der Waals surface area contributed by atoms with E-state index in [-0.39, 0.29) is 6.61 Å². The van der Waals surface area contributed by atoms with Crippen LogP contribution >= 0.6 is 0 Å². The van der Waals surface area contributed by atoms with Crippen molar-refractivity contribution in [3.05, 3.63) is 65.7 Å². The molecule has 3 heteroatoms. The Morgan fingerprint density at radius 3 is 2.30 bits per heavy atom. The molecular formula is C20H25NO2. The van der Waals surface area contributed by atoms with Crippen LogP contribution in [-0.4, -0.2) is 36.2 Å². The second-order valence-corrected chi connectivity index (χ2v) is 6.18. The van der Waals surface area contributed by atoms with Crippen molar-refractivity contribution in [3.63, 3.8) is 0 Å². The highest BCUT2D eigenvalue weighted by atomic mass is 16.5. The van der Waals surface area contributed by atoms with Crippen LogP contribution in [0, 0.1) is 0 Å². The van der Waals surface area contributed by atoms with E-state index < -0.39 is 0 Å². The van der Waals surface area contributed by atoms with Crippen LogP contribution in [0.3, 0.4) is 0 Å². The Morgan fingerprint density at radius 2 is 1.65 bits per heavy atom. The number of nitrogens with zero attached hydrogens (tertiary/aromatic N) is 1. The average molecular weight is 311 g/mol. The molecule has 0 aliphatic carbocycles. The van der Waals surface area contributed by atoms with E-state index in [9.17, 15) is 0 Å². The number of ether oxygens (including phenoxy) is 1. The second-order valence-electron chi connectivity index (χ2n) is 6.18. The van der Waals surface area contributed by atoms with Crippen molar-refractivity contribution in [2.24, 2.45) is 0 Å². The van der Waals surface area contributed by atoms with Gasteiger partial charge in [0.05, 0.1) is 6.61 Å². The standard InChI is InChI=1S/C20H25NO2/c22-15-14-21-12-10-19(11-13-21)18-6-8-20(9-7-18)23-16-17-4-2-1-3-5-17/h1-9,19,22H,10-16H2. The minimum absolute atomic E-state index is 0.262. The minimum atomic E-state index is 0.262. The van der Waals surface area contributed by atoms with Crippen molar-refractivity contribution in [3.8, 4) is 5.75 Å². The van der Waals surface area contributed by atoms with Crippen molar-refractivity contribution in [1.82, 2.24) is 4.90 Å². The highest BCUT2D eigenvalue weighted by molar-refractivity contribution is 5.30. The molecule has 3 rings (SSSR count). The maximum absolute atomic E-state index is 9.01. The molecule has 1 heterocycles. The van der Waals surface area contributed by atoms with E-state index in [1.165, 1.54) is 24.0 Å². The summed E-state index contributed by atoms with van der Waals surface area (Å²) in [6.07, 6.45) is 2.34. The molecule has 0 spiro atoms. The number of aliphatic hydroxyl groups excluding tert-OH is 1.